The normalized spacial score (nSPS) is 31.9. The Labute approximate surface area is 238 Å². The SMILES string of the molecule is COc1cc(O[C@@H]2OC(CO[C@@H]3OC[C@@H](O)C(O)CC3O)[C@@H](O)C(O)[C@@H]2O)c2c(=O)cc(-c3ccc(O)cc3)oc2c1. The highest BCUT2D eigenvalue weighted by Crippen LogP contribution is 2.34. The fourth-order valence-electron chi connectivity index (χ4n) is 4.76. The van der Waals surface area contributed by atoms with Gasteiger partial charge in [0, 0.05) is 30.2 Å². The number of methoxy groups -OCH3 is 1. The first-order chi connectivity index (χ1) is 20.0. The zero-order chi connectivity index (χ0) is 30.1. The summed E-state index contributed by atoms with van der Waals surface area (Å²) in [5.74, 6) is 0.377. The maximum atomic E-state index is 13.2. The zero-order valence-corrected chi connectivity index (χ0v) is 22.3. The second-order valence-corrected chi connectivity index (χ2v) is 10.1. The van der Waals surface area contributed by atoms with Crippen molar-refractivity contribution in [3.63, 3.8) is 0 Å². The Bertz CT molecular complexity index is 1420. The summed E-state index contributed by atoms with van der Waals surface area (Å²) >= 11 is 0. The van der Waals surface area contributed by atoms with E-state index >= 15 is 0 Å². The third-order valence-electron chi connectivity index (χ3n) is 7.16. The molecule has 5 rings (SSSR count). The summed E-state index contributed by atoms with van der Waals surface area (Å²) in [5.41, 5.74) is 0.0936. The number of aliphatic hydroxyl groups excluding tert-OH is 6. The quantitative estimate of drug-likeness (QED) is 0.179. The second-order valence-electron chi connectivity index (χ2n) is 10.1. The fraction of sp³-hybridized carbons (Fsp3) is 0.464. The van der Waals surface area contributed by atoms with Crippen molar-refractivity contribution in [2.45, 2.75) is 61.7 Å². The number of fused-ring (bicyclic) bond motifs is 1. The number of hydrogen-bond acceptors (Lipinski definition) is 14. The van der Waals surface area contributed by atoms with Crippen LogP contribution >= 0.6 is 0 Å². The number of ether oxygens (including phenoxy) is 5. The first-order valence-corrected chi connectivity index (χ1v) is 13.1. The summed E-state index contributed by atoms with van der Waals surface area (Å²) in [5, 5.41) is 71.1. The summed E-state index contributed by atoms with van der Waals surface area (Å²) in [6.45, 7) is -0.764. The smallest absolute Gasteiger partial charge is 0.229 e. The molecule has 7 N–H and O–H groups in total. The summed E-state index contributed by atoms with van der Waals surface area (Å²) in [4.78, 5) is 13.2. The van der Waals surface area contributed by atoms with Gasteiger partial charge in [-0.1, -0.05) is 0 Å². The van der Waals surface area contributed by atoms with E-state index in [1.807, 2.05) is 0 Å². The van der Waals surface area contributed by atoms with E-state index in [1.165, 1.54) is 37.4 Å². The van der Waals surface area contributed by atoms with Gasteiger partial charge < -0.3 is 63.8 Å². The molecule has 2 saturated heterocycles. The molecule has 0 amide bonds. The van der Waals surface area contributed by atoms with E-state index in [-0.39, 0.29) is 47.0 Å². The van der Waals surface area contributed by atoms with Gasteiger partial charge in [0.2, 0.25) is 6.29 Å². The van der Waals surface area contributed by atoms with Crippen molar-refractivity contribution >= 4 is 11.0 Å². The van der Waals surface area contributed by atoms with Gasteiger partial charge in [-0.3, -0.25) is 4.79 Å². The van der Waals surface area contributed by atoms with Gasteiger partial charge >= 0.3 is 0 Å². The van der Waals surface area contributed by atoms with Crippen LogP contribution in [0.15, 0.2) is 51.7 Å². The molecule has 2 aliphatic heterocycles. The average molecular weight is 593 g/mol. The zero-order valence-electron chi connectivity index (χ0n) is 22.3. The lowest BCUT2D eigenvalue weighted by Gasteiger charge is -2.40. The largest absolute Gasteiger partial charge is 0.508 e. The Hall–Kier alpha value is -3.31. The molecule has 14 heteroatoms. The van der Waals surface area contributed by atoms with Crippen LogP contribution in [0.3, 0.4) is 0 Å². The molecule has 0 aliphatic carbocycles. The minimum absolute atomic E-state index is 0.0189. The van der Waals surface area contributed by atoms with Gasteiger partial charge in [-0.15, -0.1) is 0 Å². The van der Waals surface area contributed by atoms with E-state index in [1.54, 1.807) is 12.1 Å². The molecule has 9 atom stereocenters. The summed E-state index contributed by atoms with van der Waals surface area (Å²) in [6, 6.07) is 10.1. The van der Waals surface area contributed by atoms with E-state index in [2.05, 4.69) is 0 Å². The lowest BCUT2D eigenvalue weighted by atomic mass is 9.99. The molecule has 14 nitrogen and oxygen atoms in total. The number of benzene rings is 2. The monoisotopic (exact) mass is 592 g/mol. The predicted octanol–water partition coefficient (Wildman–Crippen LogP) is -0.794. The van der Waals surface area contributed by atoms with E-state index in [0.29, 0.717) is 5.56 Å². The molecule has 0 radical (unpaired) electrons. The van der Waals surface area contributed by atoms with Crippen molar-refractivity contribution in [1.82, 2.24) is 0 Å². The minimum atomic E-state index is -1.76. The van der Waals surface area contributed by atoms with Crippen LogP contribution in [-0.2, 0) is 14.2 Å². The standard InChI is InChI=1S/C28H32O14/c1-37-14-6-20-23(16(31)9-19(40-20)12-2-4-13(29)5-3-12)21(7-14)41-28-26(36)25(35)24(34)22(42-28)11-39-27-17(32)8-15(30)18(33)10-38-27/h2-7,9,15,17-18,22,24-30,32-36H,8,10-11H2,1H3/t15?,17?,18-,22?,24-,25?,26+,27+,28-/m1/s1. The van der Waals surface area contributed by atoms with Crippen molar-refractivity contribution in [1.29, 1.82) is 0 Å². The van der Waals surface area contributed by atoms with E-state index < -0.39 is 67.3 Å². The first-order valence-electron chi connectivity index (χ1n) is 13.1. The number of aliphatic hydroxyl groups is 6. The van der Waals surface area contributed by atoms with E-state index in [4.69, 9.17) is 28.1 Å². The second kappa shape index (κ2) is 12.5. The third-order valence-corrected chi connectivity index (χ3v) is 7.16. The molecule has 2 fully saturated rings. The van der Waals surface area contributed by atoms with Crippen molar-refractivity contribution in [3.05, 3.63) is 52.7 Å². The topological polar surface area (TPSA) is 218 Å². The third kappa shape index (κ3) is 6.22. The van der Waals surface area contributed by atoms with Crippen molar-refractivity contribution in [2.75, 3.05) is 20.3 Å². The van der Waals surface area contributed by atoms with Gasteiger partial charge in [0.1, 0.15) is 70.6 Å². The molecule has 0 bridgehead atoms. The lowest BCUT2D eigenvalue weighted by Crippen LogP contribution is -2.60. The van der Waals surface area contributed by atoms with Crippen LogP contribution in [0.2, 0.25) is 0 Å². The summed E-state index contributed by atoms with van der Waals surface area (Å²) in [7, 11) is 1.38. The fourth-order valence-corrected chi connectivity index (χ4v) is 4.76. The van der Waals surface area contributed by atoms with Crippen LogP contribution in [0.4, 0.5) is 0 Å². The summed E-state index contributed by atoms with van der Waals surface area (Å²) in [6.07, 6.45) is -13.3. The number of rotatable bonds is 7. The van der Waals surface area contributed by atoms with Crippen molar-refractivity contribution < 1.29 is 63.8 Å². The van der Waals surface area contributed by atoms with Gasteiger partial charge in [-0.05, 0) is 24.3 Å². The van der Waals surface area contributed by atoms with Crippen LogP contribution in [-0.4, -0.2) is 111 Å². The Morgan fingerprint density at radius 1 is 0.881 bits per heavy atom. The van der Waals surface area contributed by atoms with Gasteiger partial charge in [0.15, 0.2) is 11.7 Å². The molecule has 2 aromatic carbocycles. The molecule has 3 heterocycles. The van der Waals surface area contributed by atoms with Gasteiger partial charge in [-0.25, -0.2) is 0 Å². The maximum Gasteiger partial charge on any atom is 0.229 e. The molecule has 3 aromatic rings. The minimum Gasteiger partial charge on any atom is -0.508 e. The Kier molecular flexibility index (Phi) is 8.98. The lowest BCUT2D eigenvalue weighted by molar-refractivity contribution is -0.292. The number of phenols is 1. The number of hydrogen-bond donors (Lipinski definition) is 7. The maximum absolute atomic E-state index is 13.2. The van der Waals surface area contributed by atoms with Crippen LogP contribution in [0.25, 0.3) is 22.3 Å². The molecule has 1 aromatic heterocycles. The summed E-state index contributed by atoms with van der Waals surface area (Å²) < 4.78 is 33.6. The molecule has 2 aliphatic rings. The number of phenolic OH excluding ortho intramolecular Hbond substituents is 1. The Morgan fingerprint density at radius 2 is 1.62 bits per heavy atom. The van der Waals surface area contributed by atoms with Gasteiger partial charge in [-0.2, -0.15) is 0 Å². The van der Waals surface area contributed by atoms with Crippen LogP contribution in [0.5, 0.6) is 17.2 Å². The van der Waals surface area contributed by atoms with Crippen molar-refractivity contribution in [2.24, 2.45) is 0 Å². The molecular weight excluding hydrogens is 560 g/mol. The Balaban J connectivity index is 1.39. The molecular formula is C28H32O14. The molecule has 0 spiro atoms. The molecule has 4 unspecified atom stereocenters. The average Bonchev–Trinajstić information content (AvgIpc) is 3.09. The van der Waals surface area contributed by atoms with Gasteiger partial charge in [0.05, 0.1) is 26.4 Å². The predicted molar refractivity (Wildman–Crippen MR) is 142 cm³/mol. The Morgan fingerprint density at radius 3 is 2.33 bits per heavy atom. The number of aromatic hydroxyl groups is 1. The highest BCUT2D eigenvalue weighted by Gasteiger charge is 2.46. The van der Waals surface area contributed by atoms with Crippen LogP contribution in [0.1, 0.15) is 6.42 Å². The molecule has 0 saturated carbocycles. The van der Waals surface area contributed by atoms with Crippen molar-refractivity contribution in [3.8, 4) is 28.6 Å². The van der Waals surface area contributed by atoms with E-state index in [9.17, 15) is 40.5 Å². The highest BCUT2D eigenvalue weighted by molar-refractivity contribution is 5.86. The molecule has 228 valence electrons. The highest BCUT2D eigenvalue weighted by atomic mass is 16.7. The van der Waals surface area contributed by atoms with E-state index in [0.717, 1.165) is 0 Å². The van der Waals surface area contributed by atoms with Crippen LogP contribution in [0, 0.1) is 0 Å². The van der Waals surface area contributed by atoms with Crippen LogP contribution < -0.4 is 14.9 Å². The van der Waals surface area contributed by atoms with Gasteiger partial charge in [0.25, 0.3) is 0 Å². The molecule has 42 heavy (non-hydrogen) atoms. The first kappa shape index (κ1) is 30.2.